The molecule has 1 heterocycles. The summed E-state index contributed by atoms with van der Waals surface area (Å²) in [6.07, 6.45) is 3.85. The molecule has 0 saturated carbocycles. The smallest absolute Gasteiger partial charge is 0.0984 e. The first-order valence-corrected chi connectivity index (χ1v) is 6.54. The van der Waals surface area contributed by atoms with Crippen molar-refractivity contribution in [1.29, 1.82) is 0 Å². The van der Waals surface area contributed by atoms with Crippen LogP contribution in [0.2, 0.25) is 0 Å². The highest BCUT2D eigenvalue weighted by Crippen LogP contribution is 2.25. The molecule has 0 aromatic carbocycles. The van der Waals surface area contributed by atoms with E-state index in [0.29, 0.717) is 6.54 Å². The molecular weight excluding hydrogens is 206 g/mol. The van der Waals surface area contributed by atoms with Gasteiger partial charge in [-0.15, -0.1) is 11.8 Å². The maximum atomic E-state index is 5.73. The maximum absolute atomic E-state index is 5.73. The van der Waals surface area contributed by atoms with Crippen molar-refractivity contribution in [3.8, 4) is 0 Å². The highest BCUT2D eigenvalue weighted by atomic mass is 32.2. The monoisotopic (exact) mass is 227 g/mol. The fourth-order valence-corrected chi connectivity index (χ4v) is 2.79. The molecule has 0 aliphatic heterocycles. The Morgan fingerprint density at radius 1 is 1.40 bits per heavy atom. The van der Waals surface area contributed by atoms with Gasteiger partial charge in [0.25, 0.3) is 0 Å². The van der Waals surface area contributed by atoms with Gasteiger partial charge in [0.15, 0.2) is 0 Å². The quantitative estimate of drug-likeness (QED) is 0.600. The first-order chi connectivity index (χ1) is 7.20. The minimum atomic E-state index is 0.593. The topological polar surface area (TPSA) is 43.8 Å². The SMILES string of the molecule is CCCCCSc1c(CN)c(C)nn1C. The Bertz CT molecular complexity index is 307. The number of nitrogens with two attached hydrogens (primary N) is 1. The van der Waals surface area contributed by atoms with Crippen LogP contribution in [0.3, 0.4) is 0 Å². The van der Waals surface area contributed by atoms with Crippen molar-refractivity contribution in [3.05, 3.63) is 11.3 Å². The van der Waals surface area contributed by atoms with Crippen LogP contribution < -0.4 is 5.73 Å². The van der Waals surface area contributed by atoms with Crippen molar-refractivity contribution >= 4 is 11.8 Å². The van der Waals surface area contributed by atoms with Crippen LogP contribution in [-0.4, -0.2) is 15.5 Å². The summed E-state index contributed by atoms with van der Waals surface area (Å²) in [6.45, 7) is 4.85. The van der Waals surface area contributed by atoms with E-state index in [-0.39, 0.29) is 0 Å². The van der Waals surface area contributed by atoms with Crippen molar-refractivity contribution in [1.82, 2.24) is 9.78 Å². The van der Waals surface area contributed by atoms with Gasteiger partial charge in [0.2, 0.25) is 0 Å². The van der Waals surface area contributed by atoms with Crippen LogP contribution in [-0.2, 0) is 13.6 Å². The molecule has 2 N–H and O–H groups in total. The van der Waals surface area contributed by atoms with Crippen molar-refractivity contribution in [2.75, 3.05) is 5.75 Å². The van der Waals surface area contributed by atoms with Gasteiger partial charge in [-0.3, -0.25) is 4.68 Å². The molecule has 0 aliphatic carbocycles. The average Bonchev–Trinajstić information content (AvgIpc) is 2.48. The number of nitrogens with zero attached hydrogens (tertiary/aromatic N) is 2. The van der Waals surface area contributed by atoms with Gasteiger partial charge in [0, 0.05) is 19.2 Å². The Kier molecular flexibility index (Phi) is 5.19. The summed E-state index contributed by atoms with van der Waals surface area (Å²) in [5.41, 5.74) is 8.00. The third-order valence-corrected chi connectivity index (χ3v) is 3.76. The largest absolute Gasteiger partial charge is 0.326 e. The van der Waals surface area contributed by atoms with Gasteiger partial charge in [0.1, 0.15) is 0 Å². The number of hydrogen-bond donors (Lipinski definition) is 1. The van der Waals surface area contributed by atoms with Gasteiger partial charge in [-0.05, 0) is 19.1 Å². The number of aromatic nitrogens is 2. The molecule has 86 valence electrons. The van der Waals surface area contributed by atoms with E-state index < -0.39 is 0 Å². The summed E-state index contributed by atoms with van der Waals surface area (Å²) in [4.78, 5) is 0. The summed E-state index contributed by atoms with van der Waals surface area (Å²) < 4.78 is 1.95. The molecule has 0 unspecified atom stereocenters. The molecule has 4 heteroatoms. The molecule has 0 amide bonds. The minimum Gasteiger partial charge on any atom is -0.326 e. The summed E-state index contributed by atoms with van der Waals surface area (Å²) in [5.74, 6) is 1.17. The maximum Gasteiger partial charge on any atom is 0.0984 e. The molecule has 0 spiro atoms. The lowest BCUT2D eigenvalue weighted by molar-refractivity contribution is 0.687. The highest BCUT2D eigenvalue weighted by Gasteiger charge is 2.11. The Hall–Kier alpha value is -0.480. The fraction of sp³-hybridized carbons (Fsp3) is 0.727. The van der Waals surface area contributed by atoms with Gasteiger partial charge in [-0.2, -0.15) is 5.10 Å². The van der Waals surface area contributed by atoms with Crippen molar-refractivity contribution in [2.24, 2.45) is 12.8 Å². The van der Waals surface area contributed by atoms with Gasteiger partial charge < -0.3 is 5.73 Å². The zero-order valence-corrected chi connectivity index (χ0v) is 10.7. The van der Waals surface area contributed by atoms with Crippen LogP contribution in [0.25, 0.3) is 0 Å². The number of thioether (sulfide) groups is 1. The zero-order chi connectivity index (χ0) is 11.3. The minimum absolute atomic E-state index is 0.593. The average molecular weight is 227 g/mol. The van der Waals surface area contributed by atoms with Crippen molar-refractivity contribution in [2.45, 2.75) is 44.7 Å². The molecular formula is C11H21N3S. The second-order valence-corrected chi connectivity index (χ2v) is 4.84. The van der Waals surface area contributed by atoms with E-state index in [0.717, 1.165) is 5.69 Å². The van der Waals surface area contributed by atoms with E-state index in [1.54, 1.807) is 0 Å². The van der Waals surface area contributed by atoms with Crippen molar-refractivity contribution < 1.29 is 0 Å². The molecule has 0 fully saturated rings. The molecule has 15 heavy (non-hydrogen) atoms. The predicted octanol–water partition coefficient (Wildman–Crippen LogP) is 2.47. The summed E-state index contributed by atoms with van der Waals surface area (Å²) in [6, 6.07) is 0. The summed E-state index contributed by atoms with van der Waals surface area (Å²) in [7, 11) is 1.99. The highest BCUT2D eigenvalue weighted by molar-refractivity contribution is 7.99. The van der Waals surface area contributed by atoms with Crippen molar-refractivity contribution in [3.63, 3.8) is 0 Å². The molecule has 1 rings (SSSR count). The number of unbranched alkanes of at least 4 members (excludes halogenated alkanes) is 2. The lowest BCUT2D eigenvalue weighted by Gasteiger charge is -2.04. The van der Waals surface area contributed by atoms with Gasteiger partial charge >= 0.3 is 0 Å². The fourth-order valence-electron chi connectivity index (χ4n) is 1.62. The third kappa shape index (κ3) is 3.24. The van der Waals surface area contributed by atoms with Gasteiger partial charge in [0.05, 0.1) is 10.7 Å². The second-order valence-electron chi connectivity index (χ2n) is 3.75. The first kappa shape index (κ1) is 12.6. The lowest BCUT2D eigenvalue weighted by atomic mass is 10.3. The lowest BCUT2D eigenvalue weighted by Crippen LogP contribution is -2.00. The molecule has 0 atom stereocenters. The number of rotatable bonds is 6. The van der Waals surface area contributed by atoms with Crippen LogP contribution >= 0.6 is 11.8 Å². The van der Waals surface area contributed by atoms with Crippen LogP contribution in [0.1, 0.15) is 37.4 Å². The molecule has 0 saturated heterocycles. The zero-order valence-electron chi connectivity index (χ0n) is 9.92. The summed E-state index contributed by atoms with van der Waals surface area (Å²) in [5, 5.41) is 5.64. The van der Waals surface area contributed by atoms with Crippen LogP contribution in [0, 0.1) is 6.92 Å². The number of aryl methyl sites for hydroxylation is 2. The Morgan fingerprint density at radius 3 is 2.73 bits per heavy atom. The first-order valence-electron chi connectivity index (χ1n) is 5.56. The Labute approximate surface area is 96.4 Å². The molecule has 0 bridgehead atoms. The molecule has 1 aromatic rings. The predicted molar refractivity (Wildman–Crippen MR) is 66.1 cm³/mol. The Morgan fingerprint density at radius 2 is 2.13 bits per heavy atom. The third-order valence-electron chi connectivity index (χ3n) is 2.48. The van der Waals surface area contributed by atoms with Crippen LogP contribution in [0.5, 0.6) is 0 Å². The van der Waals surface area contributed by atoms with Gasteiger partial charge in [-0.1, -0.05) is 19.8 Å². The van der Waals surface area contributed by atoms with E-state index in [4.69, 9.17) is 5.73 Å². The molecule has 3 nitrogen and oxygen atoms in total. The standard InChI is InChI=1S/C11H21N3S/c1-4-5-6-7-15-11-10(8-12)9(2)13-14(11)3/h4-8,12H2,1-3H3. The van der Waals surface area contributed by atoms with E-state index >= 15 is 0 Å². The molecule has 1 aromatic heterocycles. The Balaban J connectivity index is 2.59. The van der Waals surface area contributed by atoms with Crippen LogP contribution in [0.15, 0.2) is 5.03 Å². The van der Waals surface area contributed by atoms with E-state index in [1.807, 2.05) is 30.4 Å². The summed E-state index contributed by atoms with van der Waals surface area (Å²) >= 11 is 1.88. The normalized spacial score (nSPS) is 10.9. The molecule has 0 radical (unpaired) electrons. The van der Waals surface area contributed by atoms with Crippen LogP contribution in [0.4, 0.5) is 0 Å². The van der Waals surface area contributed by atoms with Gasteiger partial charge in [-0.25, -0.2) is 0 Å². The van der Waals surface area contributed by atoms with E-state index in [1.165, 1.54) is 35.6 Å². The molecule has 0 aliphatic rings. The van der Waals surface area contributed by atoms with E-state index in [2.05, 4.69) is 12.0 Å². The van der Waals surface area contributed by atoms with E-state index in [9.17, 15) is 0 Å². The number of hydrogen-bond acceptors (Lipinski definition) is 3. The second kappa shape index (κ2) is 6.18.